The monoisotopic (exact) mass is 328 g/mol. The minimum absolute atomic E-state index is 0.138. The summed E-state index contributed by atoms with van der Waals surface area (Å²) in [5, 5.41) is 3.80. The maximum atomic E-state index is 13.0. The van der Waals surface area contributed by atoms with E-state index in [1.807, 2.05) is 6.07 Å². The third-order valence-corrected chi connectivity index (χ3v) is 4.14. The number of rotatable bonds is 6. The summed E-state index contributed by atoms with van der Waals surface area (Å²) in [5.41, 5.74) is 0.948. The Labute approximate surface area is 130 Å². The Morgan fingerprint density at radius 2 is 2.33 bits per heavy atom. The summed E-state index contributed by atoms with van der Waals surface area (Å²) in [6, 6.07) is 6.53. The number of aromatic nitrogens is 1. The third-order valence-electron chi connectivity index (χ3n) is 2.76. The molecule has 4 nitrogen and oxygen atoms in total. The van der Waals surface area contributed by atoms with Gasteiger partial charge in [-0.1, -0.05) is 35.1 Å². The Hall–Kier alpha value is -1.66. The van der Waals surface area contributed by atoms with Crippen molar-refractivity contribution in [3.05, 3.63) is 45.7 Å². The quantitative estimate of drug-likeness (QED) is 0.648. The summed E-state index contributed by atoms with van der Waals surface area (Å²) < 4.78 is 17.6. The number of aryl methyl sites for hydroxylation is 1. The van der Waals surface area contributed by atoms with Crippen LogP contribution in [-0.2, 0) is 11.2 Å². The van der Waals surface area contributed by atoms with Crippen LogP contribution in [-0.4, -0.2) is 24.6 Å². The van der Waals surface area contributed by atoms with Crippen molar-refractivity contribution in [2.75, 3.05) is 19.0 Å². The number of ether oxygens (including phenoxy) is 1. The Kier molecular flexibility index (Phi) is 5.52. The standard InChI is InChI=1S/C14H14ClFN2O2S/c1-20-13(19)11-12(15)18-14(21-11)17-7-3-5-9-4-2-6-10(16)8-9/h2,4,6,8H,3,5,7H2,1H3,(H,17,18). The Morgan fingerprint density at radius 3 is 3.05 bits per heavy atom. The number of hydrogen-bond donors (Lipinski definition) is 1. The normalized spacial score (nSPS) is 10.4. The van der Waals surface area contributed by atoms with Gasteiger partial charge in [-0.15, -0.1) is 0 Å². The van der Waals surface area contributed by atoms with Crippen molar-refractivity contribution >= 4 is 34.0 Å². The molecule has 0 saturated heterocycles. The first-order valence-corrected chi connectivity index (χ1v) is 7.52. The third kappa shape index (κ3) is 4.41. The van der Waals surface area contributed by atoms with Gasteiger partial charge in [0.2, 0.25) is 0 Å². The molecule has 21 heavy (non-hydrogen) atoms. The number of carbonyl (C=O) groups excluding carboxylic acids is 1. The molecule has 112 valence electrons. The van der Waals surface area contributed by atoms with Crippen molar-refractivity contribution in [3.8, 4) is 0 Å². The Morgan fingerprint density at radius 1 is 1.52 bits per heavy atom. The van der Waals surface area contributed by atoms with Gasteiger partial charge >= 0.3 is 5.97 Å². The lowest BCUT2D eigenvalue weighted by atomic mass is 10.1. The predicted molar refractivity (Wildman–Crippen MR) is 81.7 cm³/mol. The molecule has 1 N–H and O–H groups in total. The number of nitrogens with zero attached hydrogens (tertiary/aromatic N) is 1. The van der Waals surface area contributed by atoms with E-state index < -0.39 is 5.97 Å². The van der Waals surface area contributed by atoms with E-state index in [4.69, 9.17) is 11.6 Å². The number of esters is 1. The molecule has 0 aliphatic carbocycles. The molecule has 0 aliphatic rings. The number of anilines is 1. The van der Waals surface area contributed by atoms with E-state index in [9.17, 15) is 9.18 Å². The van der Waals surface area contributed by atoms with Gasteiger partial charge in [0.25, 0.3) is 0 Å². The van der Waals surface area contributed by atoms with Gasteiger partial charge in [0.1, 0.15) is 5.82 Å². The highest BCUT2D eigenvalue weighted by Gasteiger charge is 2.16. The fourth-order valence-corrected chi connectivity index (χ4v) is 2.90. The van der Waals surface area contributed by atoms with E-state index >= 15 is 0 Å². The first-order valence-electron chi connectivity index (χ1n) is 6.33. The van der Waals surface area contributed by atoms with E-state index in [-0.39, 0.29) is 15.8 Å². The SMILES string of the molecule is COC(=O)c1sc(NCCCc2cccc(F)c2)nc1Cl. The number of hydrogen-bond acceptors (Lipinski definition) is 5. The van der Waals surface area contributed by atoms with E-state index in [1.54, 1.807) is 6.07 Å². The molecule has 0 bridgehead atoms. The molecule has 7 heteroatoms. The predicted octanol–water partition coefficient (Wildman–Crippen LogP) is 3.77. The molecule has 0 radical (unpaired) electrons. The zero-order valence-corrected chi connectivity index (χ0v) is 12.9. The number of carbonyl (C=O) groups is 1. The van der Waals surface area contributed by atoms with Crippen molar-refractivity contribution in [1.29, 1.82) is 0 Å². The van der Waals surface area contributed by atoms with Gasteiger partial charge in [-0.25, -0.2) is 14.2 Å². The Bertz CT molecular complexity index is 633. The van der Waals surface area contributed by atoms with Crippen molar-refractivity contribution in [2.45, 2.75) is 12.8 Å². The van der Waals surface area contributed by atoms with Crippen LogP contribution in [0.15, 0.2) is 24.3 Å². The maximum Gasteiger partial charge on any atom is 0.351 e. The fraction of sp³-hybridized carbons (Fsp3) is 0.286. The van der Waals surface area contributed by atoms with E-state index in [1.165, 1.54) is 19.2 Å². The topological polar surface area (TPSA) is 51.2 Å². The molecule has 1 aromatic carbocycles. The second-order valence-electron chi connectivity index (χ2n) is 4.29. The van der Waals surface area contributed by atoms with Gasteiger partial charge in [0.05, 0.1) is 7.11 Å². The summed E-state index contributed by atoms with van der Waals surface area (Å²) >= 11 is 7.01. The first kappa shape index (κ1) is 15.7. The van der Waals surface area contributed by atoms with Gasteiger partial charge in [0.15, 0.2) is 15.2 Å². The van der Waals surface area contributed by atoms with Crippen LogP contribution in [0.3, 0.4) is 0 Å². The zero-order valence-electron chi connectivity index (χ0n) is 11.4. The largest absolute Gasteiger partial charge is 0.465 e. The molecular weight excluding hydrogens is 315 g/mol. The smallest absolute Gasteiger partial charge is 0.351 e. The number of thiazole rings is 1. The number of halogens is 2. The summed E-state index contributed by atoms with van der Waals surface area (Å²) in [7, 11) is 1.30. The summed E-state index contributed by atoms with van der Waals surface area (Å²) in [5.74, 6) is -0.722. The lowest BCUT2D eigenvalue weighted by Crippen LogP contribution is -2.02. The van der Waals surface area contributed by atoms with Gasteiger partial charge in [-0.05, 0) is 30.5 Å². The van der Waals surface area contributed by atoms with Gasteiger partial charge in [-0.2, -0.15) is 0 Å². The van der Waals surface area contributed by atoms with Crippen molar-refractivity contribution in [3.63, 3.8) is 0 Å². The van der Waals surface area contributed by atoms with Crippen molar-refractivity contribution in [1.82, 2.24) is 4.98 Å². The lowest BCUT2D eigenvalue weighted by molar-refractivity contribution is 0.0606. The highest BCUT2D eigenvalue weighted by atomic mass is 35.5. The second-order valence-corrected chi connectivity index (χ2v) is 5.65. The number of methoxy groups -OCH3 is 1. The van der Waals surface area contributed by atoms with Crippen LogP contribution in [0.2, 0.25) is 5.15 Å². The van der Waals surface area contributed by atoms with Gasteiger partial charge in [0, 0.05) is 6.54 Å². The van der Waals surface area contributed by atoms with Crippen LogP contribution in [0.4, 0.5) is 9.52 Å². The molecule has 0 amide bonds. The van der Waals surface area contributed by atoms with Gasteiger partial charge < -0.3 is 10.1 Å². The number of benzene rings is 1. The molecule has 2 aromatic rings. The minimum atomic E-state index is -0.495. The lowest BCUT2D eigenvalue weighted by Gasteiger charge is -2.03. The zero-order chi connectivity index (χ0) is 15.2. The van der Waals surface area contributed by atoms with Gasteiger partial charge in [-0.3, -0.25) is 0 Å². The molecule has 0 unspecified atom stereocenters. The average molecular weight is 329 g/mol. The first-order chi connectivity index (χ1) is 10.1. The van der Waals surface area contributed by atoms with Crippen LogP contribution in [0, 0.1) is 5.82 Å². The molecule has 1 aromatic heterocycles. The summed E-state index contributed by atoms with van der Waals surface area (Å²) in [4.78, 5) is 15.7. The average Bonchev–Trinajstić information content (AvgIpc) is 2.84. The van der Waals surface area contributed by atoms with E-state index in [2.05, 4.69) is 15.0 Å². The highest BCUT2D eigenvalue weighted by Crippen LogP contribution is 2.27. The molecule has 2 rings (SSSR count). The molecular formula is C14H14ClFN2O2S. The molecule has 0 atom stereocenters. The highest BCUT2D eigenvalue weighted by molar-refractivity contribution is 7.18. The molecule has 0 aliphatic heterocycles. The van der Waals surface area contributed by atoms with Crippen LogP contribution < -0.4 is 5.32 Å². The maximum absolute atomic E-state index is 13.0. The second kappa shape index (κ2) is 7.38. The van der Waals surface area contributed by atoms with Crippen LogP contribution in [0.1, 0.15) is 21.7 Å². The molecule has 0 fully saturated rings. The van der Waals surface area contributed by atoms with Crippen molar-refractivity contribution < 1.29 is 13.9 Å². The molecule has 0 saturated carbocycles. The van der Waals surface area contributed by atoms with E-state index in [0.717, 1.165) is 29.7 Å². The van der Waals surface area contributed by atoms with Crippen LogP contribution >= 0.6 is 22.9 Å². The Balaban J connectivity index is 1.82. The summed E-state index contributed by atoms with van der Waals surface area (Å²) in [6.07, 6.45) is 1.57. The number of nitrogens with one attached hydrogen (secondary N) is 1. The minimum Gasteiger partial charge on any atom is -0.465 e. The van der Waals surface area contributed by atoms with Crippen molar-refractivity contribution in [2.24, 2.45) is 0 Å². The molecule has 0 spiro atoms. The van der Waals surface area contributed by atoms with E-state index in [0.29, 0.717) is 11.7 Å². The van der Waals surface area contributed by atoms with Crippen LogP contribution in [0.25, 0.3) is 0 Å². The molecule has 1 heterocycles. The fourth-order valence-electron chi connectivity index (χ4n) is 1.78. The summed E-state index contributed by atoms with van der Waals surface area (Å²) in [6.45, 7) is 0.654. The van der Waals surface area contributed by atoms with Crippen LogP contribution in [0.5, 0.6) is 0 Å².